The van der Waals surface area contributed by atoms with E-state index in [1.54, 1.807) is 9.80 Å². The van der Waals surface area contributed by atoms with Crippen LogP contribution in [-0.2, 0) is 22.7 Å². The summed E-state index contributed by atoms with van der Waals surface area (Å²) in [6.07, 6.45) is 7.79. The summed E-state index contributed by atoms with van der Waals surface area (Å²) >= 11 is 0. The summed E-state index contributed by atoms with van der Waals surface area (Å²) in [4.78, 5) is 46.4. The molecule has 10 rings (SSSR count). The number of benzene rings is 4. The summed E-state index contributed by atoms with van der Waals surface area (Å²) in [5.74, 6) is 2.30. The van der Waals surface area contributed by atoms with Crippen LogP contribution in [0.2, 0.25) is 0 Å². The van der Waals surface area contributed by atoms with E-state index < -0.39 is 0 Å². The van der Waals surface area contributed by atoms with Crippen molar-refractivity contribution in [3.63, 3.8) is 0 Å². The van der Waals surface area contributed by atoms with Crippen LogP contribution < -0.4 is 0 Å². The highest BCUT2D eigenvalue weighted by molar-refractivity contribution is 5.71. The van der Waals surface area contributed by atoms with Crippen LogP contribution in [0.4, 0.5) is 9.59 Å². The van der Waals surface area contributed by atoms with Gasteiger partial charge in [0, 0.05) is 24.9 Å². The molecular weight excluding hydrogens is 689 g/mol. The van der Waals surface area contributed by atoms with E-state index >= 15 is 0 Å². The molecule has 10 nitrogen and oxygen atoms in total. The number of fused-ring (bicyclic) bond motifs is 8. The van der Waals surface area contributed by atoms with E-state index in [1.807, 2.05) is 73.1 Å². The first-order valence-corrected chi connectivity index (χ1v) is 19.4. The Hall–Kier alpha value is -6.16. The molecule has 6 aromatic rings. The van der Waals surface area contributed by atoms with Gasteiger partial charge in [-0.25, -0.2) is 19.6 Å². The van der Waals surface area contributed by atoms with Gasteiger partial charge in [0.25, 0.3) is 0 Å². The van der Waals surface area contributed by atoms with Crippen molar-refractivity contribution in [2.75, 3.05) is 13.1 Å². The molecule has 4 heterocycles. The molecule has 2 saturated heterocycles. The number of nitrogens with zero attached hydrogens (tertiary/aromatic N) is 4. The zero-order valence-electron chi connectivity index (χ0n) is 30.5. The molecule has 2 N–H and O–H groups in total. The van der Waals surface area contributed by atoms with Gasteiger partial charge in [0.15, 0.2) is 0 Å². The molecule has 2 fully saturated rings. The monoisotopic (exact) mass is 730 g/mol. The number of imidazole rings is 2. The van der Waals surface area contributed by atoms with E-state index in [-0.39, 0.29) is 37.5 Å². The predicted octanol–water partition coefficient (Wildman–Crippen LogP) is 9.40. The van der Waals surface area contributed by atoms with Crippen LogP contribution in [0.25, 0.3) is 22.5 Å². The number of nitrogens with one attached hydrogen (secondary N) is 2. The third-order valence-electron chi connectivity index (χ3n) is 12.0. The Balaban J connectivity index is 0.819. The molecule has 0 radical (unpaired) electrons. The van der Waals surface area contributed by atoms with Crippen LogP contribution in [0.5, 0.6) is 0 Å². The van der Waals surface area contributed by atoms with Crippen molar-refractivity contribution >= 4 is 12.2 Å². The second-order valence-corrected chi connectivity index (χ2v) is 15.2. The quantitative estimate of drug-likeness (QED) is 0.161. The Morgan fingerprint density at radius 2 is 1.05 bits per heavy atom. The molecule has 0 spiro atoms. The van der Waals surface area contributed by atoms with Crippen molar-refractivity contribution < 1.29 is 19.1 Å². The van der Waals surface area contributed by atoms with Gasteiger partial charge in [-0.1, -0.05) is 84.9 Å². The Bertz CT molecular complexity index is 2210. The number of likely N-dealkylation sites (tertiary alicyclic amines) is 2. The van der Waals surface area contributed by atoms with Crippen LogP contribution in [-0.4, -0.2) is 55.0 Å². The number of aromatic amines is 2. The zero-order chi connectivity index (χ0) is 36.9. The van der Waals surface area contributed by atoms with Crippen LogP contribution in [0, 0.1) is 0 Å². The van der Waals surface area contributed by atoms with E-state index in [0.717, 1.165) is 77.4 Å². The number of H-pyrrole nitrogens is 2. The summed E-state index contributed by atoms with van der Waals surface area (Å²) in [6, 6.07) is 32.9. The first-order chi connectivity index (χ1) is 27.1. The maximum Gasteiger partial charge on any atom is 0.410 e. The van der Waals surface area contributed by atoms with Crippen molar-refractivity contribution in [3.8, 4) is 22.5 Å². The molecule has 10 heteroatoms. The van der Waals surface area contributed by atoms with Gasteiger partial charge in [-0.05, 0) is 88.7 Å². The number of rotatable bonds is 8. The van der Waals surface area contributed by atoms with E-state index in [0.29, 0.717) is 24.9 Å². The lowest BCUT2D eigenvalue weighted by atomic mass is 9.84. The molecular formula is C45H42N6O4. The first-order valence-electron chi connectivity index (χ1n) is 19.4. The maximum atomic E-state index is 13.1. The van der Waals surface area contributed by atoms with Gasteiger partial charge in [-0.3, -0.25) is 9.80 Å². The van der Waals surface area contributed by atoms with Gasteiger partial charge in [0.2, 0.25) is 0 Å². The zero-order valence-corrected chi connectivity index (χ0v) is 30.5. The average molecular weight is 731 g/mol. The standard InChI is InChI=1S/C45H42N6O4/c52-44(54-26-28-9-3-1-4-10-28)50-19-7-13-40(50)42-46-24-38(48-42)30-15-17-32-34(21-30)36-23-37(32)35-22-31(16-18-33(35)36)39-25-47-43(49-39)41-14-8-20-51(41)45(53)55-27-29-11-5-2-6-12-29/h1-6,9-12,15-18,21-22,24-25,36-37,40-41H,7-8,13-14,19-20,23,26-27H2,(H,46,48)(H,47,49)/t36?,37?,40-,41-/m0/s1. The van der Waals surface area contributed by atoms with Gasteiger partial charge < -0.3 is 19.4 Å². The van der Waals surface area contributed by atoms with Crippen molar-refractivity contribution in [1.29, 1.82) is 0 Å². The van der Waals surface area contributed by atoms with Crippen LogP contribution in [0.3, 0.4) is 0 Å². The van der Waals surface area contributed by atoms with Crippen LogP contribution in [0.15, 0.2) is 109 Å². The highest BCUT2D eigenvalue weighted by atomic mass is 16.6. The number of ether oxygens (including phenoxy) is 2. The molecule has 55 heavy (non-hydrogen) atoms. The lowest BCUT2D eigenvalue weighted by Gasteiger charge is -2.22. The second kappa shape index (κ2) is 13.9. The molecule has 2 bridgehead atoms. The van der Waals surface area contributed by atoms with Crippen LogP contribution in [0.1, 0.15) is 101 Å². The van der Waals surface area contributed by atoms with E-state index in [2.05, 4.69) is 46.4 Å². The first kappa shape index (κ1) is 33.4. The Kier molecular flexibility index (Phi) is 8.46. The van der Waals surface area contributed by atoms with Crippen LogP contribution >= 0.6 is 0 Å². The molecule has 2 amide bonds. The summed E-state index contributed by atoms with van der Waals surface area (Å²) in [5, 5.41) is 0. The van der Waals surface area contributed by atoms with Crippen molar-refractivity contribution in [3.05, 3.63) is 154 Å². The number of carbonyl (C=O) groups is 2. The number of amides is 2. The molecule has 2 aliphatic heterocycles. The third-order valence-corrected chi connectivity index (χ3v) is 12.0. The molecule has 276 valence electrons. The Morgan fingerprint density at radius 1 is 0.600 bits per heavy atom. The number of aromatic nitrogens is 4. The summed E-state index contributed by atoms with van der Waals surface area (Å²) < 4.78 is 11.3. The molecule has 0 saturated carbocycles. The lowest BCUT2D eigenvalue weighted by Crippen LogP contribution is -2.31. The predicted molar refractivity (Wildman–Crippen MR) is 207 cm³/mol. The minimum absolute atomic E-state index is 0.131. The minimum atomic E-state index is -0.301. The van der Waals surface area contributed by atoms with Gasteiger partial charge >= 0.3 is 12.2 Å². The van der Waals surface area contributed by atoms with Gasteiger partial charge in [0.1, 0.15) is 24.9 Å². The van der Waals surface area contributed by atoms with Gasteiger partial charge in [-0.2, -0.15) is 0 Å². The van der Waals surface area contributed by atoms with E-state index in [4.69, 9.17) is 19.4 Å². The maximum absolute atomic E-state index is 13.1. The molecule has 2 aliphatic carbocycles. The highest BCUT2D eigenvalue weighted by Crippen LogP contribution is 2.57. The smallest absolute Gasteiger partial charge is 0.410 e. The normalized spacial score (nSPS) is 20.8. The molecule has 2 unspecified atom stereocenters. The fraction of sp³-hybridized carbons (Fsp3) is 0.289. The SMILES string of the molecule is O=C(OCc1ccccc1)N1CCC[C@H]1c1ncc(-c2ccc3c(c2)C2CC3c3cc(-c4cnc([C@@H]5CCCN5C(=O)OCc5ccccc5)[nH]4)ccc32)[nH]1. The highest BCUT2D eigenvalue weighted by Gasteiger charge is 2.42. The molecule has 4 atom stereocenters. The molecule has 4 aliphatic rings. The minimum Gasteiger partial charge on any atom is -0.445 e. The summed E-state index contributed by atoms with van der Waals surface area (Å²) in [6.45, 7) is 1.83. The Labute approximate surface area is 319 Å². The van der Waals surface area contributed by atoms with Gasteiger partial charge in [0.05, 0.1) is 35.9 Å². The average Bonchev–Trinajstić information content (AvgIpc) is 4.09. The van der Waals surface area contributed by atoms with Crippen molar-refractivity contribution in [2.45, 2.75) is 69.2 Å². The van der Waals surface area contributed by atoms with Gasteiger partial charge in [-0.15, -0.1) is 0 Å². The summed E-state index contributed by atoms with van der Waals surface area (Å²) in [7, 11) is 0. The molecule has 4 aromatic carbocycles. The van der Waals surface area contributed by atoms with E-state index in [1.165, 1.54) is 22.3 Å². The number of hydrogen-bond donors (Lipinski definition) is 2. The third kappa shape index (κ3) is 6.15. The second-order valence-electron chi connectivity index (χ2n) is 15.2. The fourth-order valence-electron chi connectivity index (χ4n) is 9.25. The summed E-state index contributed by atoms with van der Waals surface area (Å²) in [5.41, 5.74) is 11.6. The number of carbonyl (C=O) groups excluding carboxylic acids is 2. The Morgan fingerprint density at radius 3 is 1.51 bits per heavy atom. The lowest BCUT2D eigenvalue weighted by molar-refractivity contribution is 0.0903. The largest absolute Gasteiger partial charge is 0.445 e. The van der Waals surface area contributed by atoms with Crippen molar-refractivity contribution in [1.82, 2.24) is 29.7 Å². The van der Waals surface area contributed by atoms with E-state index in [9.17, 15) is 9.59 Å². The number of hydrogen-bond acceptors (Lipinski definition) is 6. The molecule has 2 aromatic heterocycles. The topological polar surface area (TPSA) is 116 Å². The fourth-order valence-corrected chi connectivity index (χ4v) is 9.25. The van der Waals surface area contributed by atoms with Crippen molar-refractivity contribution in [2.24, 2.45) is 0 Å².